The maximum Gasteiger partial charge on any atom is 0.0890 e. The molecule has 3 heteroatoms. The standard InChI is InChI=1S/C15H21N3/c1-4-9-16-11(2)10-15-12(3)17-13-7-5-6-8-14(13)18-15/h5-8,11,16H,4,9-10H2,1-3H3. The summed E-state index contributed by atoms with van der Waals surface area (Å²) in [6.07, 6.45) is 2.09. The number of nitrogens with one attached hydrogen (secondary N) is 1. The van der Waals surface area contributed by atoms with Crippen LogP contribution in [0, 0.1) is 6.92 Å². The lowest BCUT2D eigenvalue weighted by Crippen LogP contribution is -2.29. The Labute approximate surface area is 109 Å². The zero-order valence-corrected chi connectivity index (χ0v) is 11.4. The molecule has 1 aromatic heterocycles. The van der Waals surface area contributed by atoms with Crippen molar-refractivity contribution >= 4 is 11.0 Å². The average molecular weight is 243 g/mol. The van der Waals surface area contributed by atoms with E-state index >= 15 is 0 Å². The monoisotopic (exact) mass is 243 g/mol. The van der Waals surface area contributed by atoms with Crippen molar-refractivity contribution in [3.05, 3.63) is 35.7 Å². The van der Waals surface area contributed by atoms with Crippen LogP contribution in [0.25, 0.3) is 11.0 Å². The van der Waals surface area contributed by atoms with Gasteiger partial charge in [0.25, 0.3) is 0 Å². The lowest BCUT2D eigenvalue weighted by molar-refractivity contribution is 0.537. The van der Waals surface area contributed by atoms with Crippen molar-refractivity contribution in [2.75, 3.05) is 6.54 Å². The highest BCUT2D eigenvalue weighted by Gasteiger charge is 2.08. The van der Waals surface area contributed by atoms with Gasteiger partial charge in [-0.3, -0.25) is 0 Å². The van der Waals surface area contributed by atoms with E-state index in [1.807, 2.05) is 31.2 Å². The van der Waals surface area contributed by atoms with E-state index in [0.717, 1.165) is 41.8 Å². The molecule has 1 N–H and O–H groups in total. The van der Waals surface area contributed by atoms with Crippen molar-refractivity contribution in [2.45, 2.75) is 39.7 Å². The largest absolute Gasteiger partial charge is 0.314 e. The molecule has 0 aliphatic rings. The SMILES string of the molecule is CCCNC(C)Cc1nc2ccccc2nc1C. The van der Waals surface area contributed by atoms with Gasteiger partial charge in [0.05, 0.1) is 22.4 Å². The van der Waals surface area contributed by atoms with Crippen LogP contribution < -0.4 is 5.32 Å². The van der Waals surface area contributed by atoms with Crippen LogP contribution >= 0.6 is 0 Å². The van der Waals surface area contributed by atoms with Gasteiger partial charge in [0.1, 0.15) is 0 Å². The topological polar surface area (TPSA) is 37.8 Å². The first-order chi connectivity index (χ1) is 8.70. The molecule has 0 spiro atoms. The van der Waals surface area contributed by atoms with Crippen LogP contribution in [0.3, 0.4) is 0 Å². The second-order valence-corrected chi connectivity index (χ2v) is 4.80. The van der Waals surface area contributed by atoms with Crippen LogP contribution in [-0.4, -0.2) is 22.6 Å². The highest BCUT2D eigenvalue weighted by Crippen LogP contribution is 2.13. The number of aromatic nitrogens is 2. The van der Waals surface area contributed by atoms with Crippen LogP contribution in [0.15, 0.2) is 24.3 Å². The van der Waals surface area contributed by atoms with Gasteiger partial charge in [-0.05, 0) is 38.9 Å². The molecule has 2 rings (SSSR count). The van der Waals surface area contributed by atoms with Gasteiger partial charge in [-0.1, -0.05) is 19.1 Å². The molecule has 0 saturated heterocycles. The Hall–Kier alpha value is -1.48. The number of hydrogen-bond donors (Lipinski definition) is 1. The second-order valence-electron chi connectivity index (χ2n) is 4.80. The highest BCUT2D eigenvalue weighted by molar-refractivity contribution is 5.74. The maximum absolute atomic E-state index is 4.72. The van der Waals surface area contributed by atoms with Crippen LogP contribution in [0.4, 0.5) is 0 Å². The molecule has 2 aromatic rings. The summed E-state index contributed by atoms with van der Waals surface area (Å²) in [6.45, 7) is 7.48. The number of hydrogen-bond acceptors (Lipinski definition) is 3. The summed E-state index contributed by atoms with van der Waals surface area (Å²) >= 11 is 0. The third kappa shape index (κ3) is 3.05. The summed E-state index contributed by atoms with van der Waals surface area (Å²) in [7, 11) is 0. The van der Waals surface area contributed by atoms with E-state index < -0.39 is 0 Å². The number of aryl methyl sites for hydroxylation is 1. The predicted octanol–water partition coefficient (Wildman–Crippen LogP) is 2.87. The molecule has 1 atom stereocenters. The maximum atomic E-state index is 4.72. The molecule has 1 unspecified atom stereocenters. The zero-order valence-electron chi connectivity index (χ0n) is 11.4. The average Bonchev–Trinajstić information content (AvgIpc) is 2.37. The minimum atomic E-state index is 0.444. The first-order valence-corrected chi connectivity index (χ1v) is 6.66. The Bertz CT molecular complexity index is 522. The van der Waals surface area contributed by atoms with E-state index in [9.17, 15) is 0 Å². The van der Waals surface area contributed by atoms with E-state index in [1.54, 1.807) is 0 Å². The molecule has 3 nitrogen and oxygen atoms in total. The third-order valence-electron chi connectivity index (χ3n) is 3.09. The van der Waals surface area contributed by atoms with Gasteiger partial charge in [0.2, 0.25) is 0 Å². The molecule has 0 amide bonds. The first kappa shape index (κ1) is 13.0. The fourth-order valence-corrected chi connectivity index (χ4v) is 2.07. The van der Waals surface area contributed by atoms with Crippen molar-refractivity contribution in [3.8, 4) is 0 Å². The van der Waals surface area contributed by atoms with E-state index in [2.05, 4.69) is 24.1 Å². The molecule has 1 heterocycles. The molecule has 1 aromatic carbocycles. The van der Waals surface area contributed by atoms with E-state index in [1.165, 1.54) is 0 Å². The quantitative estimate of drug-likeness (QED) is 0.877. The number of rotatable bonds is 5. The summed E-state index contributed by atoms with van der Waals surface area (Å²) in [4.78, 5) is 9.34. The lowest BCUT2D eigenvalue weighted by atomic mass is 10.1. The normalized spacial score (nSPS) is 12.8. The van der Waals surface area contributed by atoms with Crippen LogP contribution in [0.5, 0.6) is 0 Å². The molecule has 96 valence electrons. The van der Waals surface area contributed by atoms with Crippen molar-refractivity contribution in [3.63, 3.8) is 0 Å². The number of benzene rings is 1. The van der Waals surface area contributed by atoms with Crippen molar-refractivity contribution in [2.24, 2.45) is 0 Å². The summed E-state index contributed by atoms with van der Waals surface area (Å²) in [6, 6.07) is 8.49. The van der Waals surface area contributed by atoms with Gasteiger partial charge in [-0.25, -0.2) is 9.97 Å². The Morgan fingerprint density at radius 3 is 2.50 bits per heavy atom. The smallest absolute Gasteiger partial charge is 0.0890 e. The Morgan fingerprint density at radius 2 is 1.83 bits per heavy atom. The van der Waals surface area contributed by atoms with Gasteiger partial charge in [-0.15, -0.1) is 0 Å². The summed E-state index contributed by atoms with van der Waals surface area (Å²) in [5.41, 5.74) is 4.11. The number of para-hydroxylation sites is 2. The first-order valence-electron chi connectivity index (χ1n) is 6.66. The molecular formula is C15H21N3. The fourth-order valence-electron chi connectivity index (χ4n) is 2.07. The molecule has 0 aliphatic heterocycles. The molecular weight excluding hydrogens is 222 g/mol. The molecule has 0 bridgehead atoms. The van der Waals surface area contributed by atoms with E-state index in [0.29, 0.717) is 6.04 Å². The zero-order chi connectivity index (χ0) is 13.0. The molecule has 0 radical (unpaired) electrons. The molecule has 0 saturated carbocycles. The predicted molar refractivity (Wildman–Crippen MR) is 75.7 cm³/mol. The molecule has 0 fully saturated rings. The fraction of sp³-hybridized carbons (Fsp3) is 0.467. The van der Waals surface area contributed by atoms with Crippen LogP contribution in [0.2, 0.25) is 0 Å². The van der Waals surface area contributed by atoms with Crippen LogP contribution in [0.1, 0.15) is 31.7 Å². The molecule has 18 heavy (non-hydrogen) atoms. The van der Waals surface area contributed by atoms with Gasteiger partial charge in [0, 0.05) is 12.5 Å². The lowest BCUT2D eigenvalue weighted by Gasteiger charge is -2.14. The Kier molecular flexibility index (Phi) is 4.26. The van der Waals surface area contributed by atoms with Crippen LogP contribution in [-0.2, 0) is 6.42 Å². The summed E-state index contributed by atoms with van der Waals surface area (Å²) < 4.78 is 0. The van der Waals surface area contributed by atoms with Gasteiger partial charge in [0.15, 0.2) is 0 Å². The highest BCUT2D eigenvalue weighted by atomic mass is 14.9. The number of fused-ring (bicyclic) bond motifs is 1. The Morgan fingerprint density at radius 1 is 1.17 bits per heavy atom. The Balaban J connectivity index is 2.19. The number of nitrogens with zero attached hydrogens (tertiary/aromatic N) is 2. The van der Waals surface area contributed by atoms with Gasteiger partial charge in [-0.2, -0.15) is 0 Å². The minimum absolute atomic E-state index is 0.444. The van der Waals surface area contributed by atoms with Crippen molar-refractivity contribution in [1.29, 1.82) is 0 Å². The summed E-state index contributed by atoms with van der Waals surface area (Å²) in [5, 5.41) is 3.49. The van der Waals surface area contributed by atoms with E-state index in [-0.39, 0.29) is 0 Å². The third-order valence-corrected chi connectivity index (χ3v) is 3.09. The van der Waals surface area contributed by atoms with Gasteiger partial charge < -0.3 is 5.32 Å². The van der Waals surface area contributed by atoms with E-state index in [4.69, 9.17) is 4.98 Å². The minimum Gasteiger partial charge on any atom is -0.314 e. The van der Waals surface area contributed by atoms with Crippen molar-refractivity contribution in [1.82, 2.24) is 15.3 Å². The molecule has 0 aliphatic carbocycles. The van der Waals surface area contributed by atoms with Gasteiger partial charge >= 0.3 is 0 Å². The van der Waals surface area contributed by atoms with Crippen molar-refractivity contribution < 1.29 is 0 Å². The second kappa shape index (κ2) is 5.91. The summed E-state index contributed by atoms with van der Waals surface area (Å²) in [5.74, 6) is 0.